The van der Waals surface area contributed by atoms with Crippen molar-refractivity contribution in [2.45, 2.75) is 6.18 Å². The van der Waals surface area contributed by atoms with Gasteiger partial charge < -0.3 is 5.73 Å². The summed E-state index contributed by atoms with van der Waals surface area (Å²) in [4.78, 5) is 22.3. The Kier molecular flexibility index (Phi) is 3.72. The Bertz CT molecular complexity index is 874. The summed E-state index contributed by atoms with van der Waals surface area (Å²) >= 11 is 0. The van der Waals surface area contributed by atoms with Crippen molar-refractivity contribution in [2.24, 2.45) is 5.73 Å². The molecule has 0 atom stereocenters. The maximum atomic E-state index is 13.3. The van der Waals surface area contributed by atoms with Crippen LogP contribution in [0.3, 0.4) is 0 Å². The fraction of sp³-hybridized carbons (Fsp3) is 0.0714. The molecule has 0 saturated heterocycles. The molecule has 0 bridgehead atoms. The van der Waals surface area contributed by atoms with Gasteiger partial charge in [0.05, 0.1) is 18.1 Å². The van der Waals surface area contributed by atoms with Crippen LogP contribution in [-0.4, -0.2) is 30.6 Å². The van der Waals surface area contributed by atoms with Crippen molar-refractivity contribution in [3.63, 3.8) is 0 Å². The molecule has 0 radical (unpaired) electrons. The lowest BCUT2D eigenvalue weighted by Gasteiger charge is -2.08. The van der Waals surface area contributed by atoms with E-state index in [2.05, 4.69) is 20.1 Å². The zero-order chi connectivity index (χ0) is 17.3. The van der Waals surface area contributed by atoms with Crippen molar-refractivity contribution in [3.05, 3.63) is 54.4 Å². The topological polar surface area (TPSA) is 99.6 Å². The summed E-state index contributed by atoms with van der Waals surface area (Å²) in [7, 11) is 0. The fourth-order valence-corrected chi connectivity index (χ4v) is 1.97. The Balaban J connectivity index is 2.12. The maximum absolute atomic E-state index is 13.3. The SMILES string of the molecule is NC(=O)c1cnc(-n2nc(-c3cccnc3)cc2C(F)(F)F)cn1. The zero-order valence-corrected chi connectivity index (χ0v) is 11.9. The average molecular weight is 334 g/mol. The molecule has 3 aromatic heterocycles. The quantitative estimate of drug-likeness (QED) is 0.788. The van der Waals surface area contributed by atoms with Gasteiger partial charge in [0.25, 0.3) is 5.91 Å². The van der Waals surface area contributed by atoms with E-state index in [1.165, 1.54) is 12.4 Å². The fourth-order valence-electron chi connectivity index (χ4n) is 1.97. The Labute approximate surface area is 133 Å². The minimum absolute atomic E-state index is 0.0798. The van der Waals surface area contributed by atoms with Gasteiger partial charge in [-0.15, -0.1) is 0 Å². The van der Waals surface area contributed by atoms with Gasteiger partial charge in [0, 0.05) is 18.0 Å². The molecule has 0 aliphatic carbocycles. The molecule has 10 heteroatoms. The highest BCUT2D eigenvalue weighted by atomic mass is 19.4. The molecular formula is C14H9F3N6O. The summed E-state index contributed by atoms with van der Waals surface area (Å²) in [6.45, 7) is 0. The largest absolute Gasteiger partial charge is 0.433 e. The molecule has 24 heavy (non-hydrogen) atoms. The first kappa shape index (κ1) is 15.6. The van der Waals surface area contributed by atoms with Gasteiger partial charge in [-0.2, -0.15) is 18.3 Å². The number of nitrogens with two attached hydrogens (primary N) is 1. The number of carbonyl (C=O) groups excluding carboxylic acids is 1. The molecule has 0 aliphatic rings. The van der Waals surface area contributed by atoms with E-state index in [-0.39, 0.29) is 17.2 Å². The van der Waals surface area contributed by atoms with E-state index < -0.39 is 17.8 Å². The number of primary amides is 1. The second-order valence-corrected chi connectivity index (χ2v) is 4.69. The minimum Gasteiger partial charge on any atom is -0.364 e. The molecule has 0 unspecified atom stereocenters. The maximum Gasteiger partial charge on any atom is 0.433 e. The standard InChI is InChI=1S/C14H9F3N6O/c15-14(16,17)11-4-9(8-2-1-3-19-5-8)22-23(11)12-7-20-10(6-21-12)13(18)24/h1-7H,(H2,18,24). The van der Waals surface area contributed by atoms with Crippen LogP contribution in [0.2, 0.25) is 0 Å². The minimum atomic E-state index is -4.66. The van der Waals surface area contributed by atoms with Gasteiger partial charge in [-0.05, 0) is 18.2 Å². The number of aromatic nitrogens is 5. The van der Waals surface area contributed by atoms with Crippen molar-refractivity contribution in [1.82, 2.24) is 24.7 Å². The third kappa shape index (κ3) is 2.93. The first-order valence-corrected chi connectivity index (χ1v) is 6.56. The molecule has 0 aromatic carbocycles. The molecule has 122 valence electrons. The van der Waals surface area contributed by atoms with Crippen molar-refractivity contribution >= 4 is 5.91 Å². The highest BCUT2D eigenvalue weighted by molar-refractivity contribution is 5.90. The molecule has 7 nitrogen and oxygen atoms in total. The van der Waals surface area contributed by atoms with Crippen LogP contribution in [0.5, 0.6) is 0 Å². The molecular weight excluding hydrogens is 325 g/mol. The van der Waals surface area contributed by atoms with Crippen LogP contribution in [0.1, 0.15) is 16.2 Å². The van der Waals surface area contributed by atoms with Crippen LogP contribution < -0.4 is 5.73 Å². The van der Waals surface area contributed by atoms with E-state index in [4.69, 9.17) is 5.73 Å². The number of pyridine rings is 1. The predicted molar refractivity (Wildman–Crippen MR) is 75.9 cm³/mol. The molecule has 0 aliphatic heterocycles. The molecule has 2 N–H and O–H groups in total. The number of hydrogen-bond donors (Lipinski definition) is 1. The lowest BCUT2D eigenvalue weighted by atomic mass is 10.2. The van der Waals surface area contributed by atoms with Crippen molar-refractivity contribution < 1.29 is 18.0 Å². The summed E-state index contributed by atoms with van der Waals surface area (Å²) in [6, 6.07) is 4.06. The van der Waals surface area contributed by atoms with E-state index in [9.17, 15) is 18.0 Å². The summed E-state index contributed by atoms with van der Waals surface area (Å²) in [5.41, 5.74) is 4.34. The van der Waals surface area contributed by atoms with E-state index >= 15 is 0 Å². The number of carbonyl (C=O) groups is 1. The van der Waals surface area contributed by atoms with Gasteiger partial charge in [0.2, 0.25) is 0 Å². The van der Waals surface area contributed by atoms with Crippen LogP contribution in [0, 0.1) is 0 Å². The average Bonchev–Trinajstić information content (AvgIpc) is 3.01. The number of hydrogen-bond acceptors (Lipinski definition) is 5. The lowest BCUT2D eigenvalue weighted by molar-refractivity contribution is -0.142. The van der Waals surface area contributed by atoms with Crippen molar-refractivity contribution in [2.75, 3.05) is 0 Å². The third-order valence-corrected chi connectivity index (χ3v) is 3.06. The number of amides is 1. The highest BCUT2D eigenvalue weighted by Gasteiger charge is 2.37. The van der Waals surface area contributed by atoms with Crippen LogP contribution >= 0.6 is 0 Å². The number of alkyl halides is 3. The van der Waals surface area contributed by atoms with E-state index in [0.29, 0.717) is 10.2 Å². The van der Waals surface area contributed by atoms with Gasteiger partial charge in [0.15, 0.2) is 11.5 Å². The second kappa shape index (κ2) is 5.72. The summed E-state index contributed by atoms with van der Waals surface area (Å²) < 4.78 is 40.4. The molecule has 3 aromatic rings. The Morgan fingerprint density at radius 1 is 1.17 bits per heavy atom. The summed E-state index contributed by atoms with van der Waals surface area (Å²) in [5, 5.41) is 3.93. The van der Waals surface area contributed by atoms with Crippen LogP contribution in [0.15, 0.2) is 43.0 Å². The zero-order valence-electron chi connectivity index (χ0n) is 11.9. The van der Waals surface area contributed by atoms with Gasteiger partial charge in [-0.3, -0.25) is 9.78 Å². The number of halogens is 3. The Morgan fingerprint density at radius 2 is 1.96 bits per heavy atom. The van der Waals surface area contributed by atoms with Gasteiger partial charge in [0.1, 0.15) is 5.69 Å². The van der Waals surface area contributed by atoms with E-state index in [0.717, 1.165) is 18.5 Å². The van der Waals surface area contributed by atoms with Crippen LogP contribution in [0.4, 0.5) is 13.2 Å². The van der Waals surface area contributed by atoms with Crippen molar-refractivity contribution in [1.29, 1.82) is 0 Å². The lowest BCUT2D eigenvalue weighted by Crippen LogP contribution is -2.17. The molecule has 1 amide bonds. The van der Waals surface area contributed by atoms with Crippen LogP contribution in [-0.2, 0) is 6.18 Å². The highest BCUT2D eigenvalue weighted by Crippen LogP contribution is 2.33. The molecule has 0 fully saturated rings. The Hall–Kier alpha value is -3.30. The first-order chi connectivity index (χ1) is 11.4. The second-order valence-electron chi connectivity index (χ2n) is 4.69. The summed E-state index contributed by atoms with van der Waals surface area (Å²) in [5.74, 6) is -1.02. The monoisotopic (exact) mass is 334 g/mol. The van der Waals surface area contributed by atoms with Crippen LogP contribution in [0.25, 0.3) is 17.1 Å². The first-order valence-electron chi connectivity index (χ1n) is 6.56. The normalized spacial score (nSPS) is 11.5. The number of nitrogens with zero attached hydrogens (tertiary/aromatic N) is 5. The molecule has 3 rings (SSSR count). The molecule has 3 heterocycles. The van der Waals surface area contributed by atoms with Gasteiger partial charge in [-0.25, -0.2) is 14.6 Å². The third-order valence-electron chi connectivity index (χ3n) is 3.06. The van der Waals surface area contributed by atoms with Gasteiger partial charge >= 0.3 is 6.18 Å². The van der Waals surface area contributed by atoms with E-state index in [1.54, 1.807) is 12.1 Å². The van der Waals surface area contributed by atoms with E-state index in [1.807, 2.05) is 0 Å². The summed E-state index contributed by atoms with van der Waals surface area (Å²) in [6.07, 6.45) is 0.226. The van der Waals surface area contributed by atoms with Gasteiger partial charge in [-0.1, -0.05) is 0 Å². The Morgan fingerprint density at radius 3 is 2.50 bits per heavy atom. The van der Waals surface area contributed by atoms with Crippen molar-refractivity contribution in [3.8, 4) is 17.1 Å². The molecule has 0 spiro atoms. The predicted octanol–water partition coefficient (Wildman–Crippen LogP) is 1.84. The number of rotatable bonds is 3. The molecule has 0 saturated carbocycles. The smallest absolute Gasteiger partial charge is 0.364 e.